The van der Waals surface area contributed by atoms with Crippen LogP contribution >= 0.6 is 0 Å². The second-order valence-electron chi connectivity index (χ2n) is 6.18. The molecular formula is C15H28O3. The number of methoxy groups -OCH3 is 1. The van der Waals surface area contributed by atoms with E-state index in [0.29, 0.717) is 5.92 Å². The van der Waals surface area contributed by atoms with Crippen molar-refractivity contribution in [2.45, 2.75) is 76.1 Å². The zero-order valence-corrected chi connectivity index (χ0v) is 11.9. The zero-order valence-electron chi connectivity index (χ0n) is 11.9. The average molecular weight is 256 g/mol. The van der Waals surface area contributed by atoms with Crippen molar-refractivity contribution in [1.29, 1.82) is 0 Å². The highest BCUT2D eigenvalue weighted by molar-refractivity contribution is 4.92. The molecule has 1 aliphatic heterocycles. The molecule has 1 spiro atoms. The number of hydrogen-bond acceptors (Lipinski definition) is 3. The number of aliphatic hydroxyl groups is 1. The monoisotopic (exact) mass is 256 g/mol. The Morgan fingerprint density at radius 2 is 2.06 bits per heavy atom. The van der Waals surface area contributed by atoms with E-state index in [1.165, 1.54) is 25.7 Å². The van der Waals surface area contributed by atoms with E-state index in [9.17, 15) is 5.11 Å². The van der Waals surface area contributed by atoms with Crippen LogP contribution in [-0.2, 0) is 9.47 Å². The maximum atomic E-state index is 10.4. The number of hydrogen-bond donors (Lipinski definition) is 1. The topological polar surface area (TPSA) is 38.7 Å². The van der Waals surface area contributed by atoms with E-state index in [1.807, 2.05) is 0 Å². The minimum atomic E-state index is -0.177. The van der Waals surface area contributed by atoms with Crippen molar-refractivity contribution in [1.82, 2.24) is 0 Å². The molecule has 2 rings (SSSR count). The molecule has 3 unspecified atom stereocenters. The van der Waals surface area contributed by atoms with E-state index < -0.39 is 0 Å². The van der Waals surface area contributed by atoms with Gasteiger partial charge in [0.1, 0.15) is 0 Å². The largest absolute Gasteiger partial charge is 0.393 e. The SMILES string of the molecule is COC(C)CCC(O)C1CCOC2(CCCC2)C1. The summed E-state index contributed by atoms with van der Waals surface area (Å²) in [4.78, 5) is 0. The summed E-state index contributed by atoms with van der Waals surface area (Å²) in [7, 11) is 1.74. The van der Waals surface area contributed by atoms with Crippen LogP contribution in [0.1, 0.15) is 58.3 Å². The van der Waals surface area contributed by atoms with Gasteiger partial charge in [-0.05, 0) is 51.4 Å². The number of ether oxygens (including phenoxy) is 2. The van der Waals surface area contributed by atoms with Gasteiger partial charge in [-0.1, -0.05) is 12.8 Å². The summed E-state index contributed by atoms with van der Waals surface area (Å²) in [5.41, 5.74) is 0.122. The van der Waals surface area contributed by atoms with Crippen molar-refractivity contribution in [3.05, 3.63) is 0 Å². The van der Waals surface area contributed by atoms with Crippen LogP contribution in [0.4, 0.5) is 0 Å². The van der Waals surface area contributed by atoms with Crippen LogP contribution in [-0.4, -0.2) is 36.6 Å². The van der Waals surface area contributed by atoms with Crippen LogP contribution in [0, 0.1) is 5.92 Å². The fraction of sp³-hybridized carbons (Fsp3) is 1.00. The molecule has 0 aromatic heterocycles. The Bertz CT molecular complexity index is 248. The van der Waals surface area contributed by atoms with Gasteiger partial charge in [-0.25, -0.2) is 0 Å². The summed E-state index contributed by atoms with van der Waals surface area (Å²) in [5.74, 6) is 0.431. The van der Waals surface area contributed by atoms with Gasteiger partial charge < -0.3 is 14.6 Å². The lowest BCUT2D eigenvalue weighted by atomic mass is 9.80. The van der Waals surface area contributed by atoms with Gasteiger partial charge in [-0.3, -0.25) is 0 Å². The number of rotatable bonds is 5. The summed E-state index contributed by atoms with van der Waals surface area (Å²) in [5, 5.41) is 10.4. The Kier molecular flexibility index (Phi) is 5.05. The van der Waals surface area contributed by atoms with Crippen LogP contribution in [0.25, 0.3) is 0 Å². The van der Waals surface area contributed by atoms with E-state index in [1.54, 1.807) is 7.11 Å². The molecule has 0 aromatic rings. The zero-order chi connectivity index (χ0) is 13.0. The van der Waals surface area contributed by atoms with Gasteiger partial charge in [-0.2, -0.15) is 0 Å². The van der Waals surface area contributed by atoms with Crippen LogP contribution in [0.15, 0.2) is 0 Å². The molecule has 1 saturated carbocycles. The van der Waals surface area contributed by atoms with Crippen molar-refractivity contribution in [3.8, 4) is 0 Å². The van der Waals surface area contributed by atoms with Crippen molar-refractivity contribution in [2.24, 2.45) is 5.92 Å². The molecule has 1 heterocycles. The van der Waals surface area contributed by atoms with Crippen molar-refractivity contribution >= 4 is 0 Å². The highest BCUT2D eigenvalue weighted by Gasteiger charge is 2.41. The lowest BCUT2D eigenvalue weighted by molar-refractivity contribution is -0.114. The lowest BCUT2D eigenvalue weighted by Gasteiger charge is -2.40. The predicted octanol–water partition coefficient (Wildman–Crippen LogP) is 2.90. The minimum absolute atomic E-state index is 0.122. The van der Waals surface area contributed by atoms with Crippen LogP contribution in [0.3, 0.4) is 0 Å². The summed E-state index contributed by atoms with van der Waals surface area (Å²) in [6.07, 6.45) is 8.95. The summed E-state index contributed by atoms with van der Waals surface area (Å²) < 4.78 is 11.3. The molecule has 1 aliphatic carbocycles. The third-order valence-electron chi connectivity index (χ3n) is 4.86. The molecule has 0 amide bonds. The van der Waals surface area contributed by atoms with Gasteiger partial charge in [0.15, 0.2) is 0 Å². The first-order valence-electron chi connectivity index (χ1n) is 7.50. The molecule has 0 aromatic carbocycles. The van der Waals surface area contributed by atoms with Crippen LogP contribution in [0.2, 0.25) is 0 Å². The Labute approximate surface area is 111 Å². The molecule has 18 heavy (non-hydrogen) atoms. The molecule has 1 saturated heterocycles. The van der Waals surface area contributed by atoms with E-state index in [-0.39, 0.29) is 17.8 Å². The van der Waals surface area contributed by atoms with Gasteiger partial charge in [-0.15, -0.1) is 0 Å². The number of aliphatic hydroxyl groups excluding tert-OH is 1. The Balaban J connectivity index is 1.80. The van der Waals surface area contributed by atoms with Gasteiger partial charge in [0.2, 0.25) is 0 Å². The maximum Gasteiger partial charge on any atom is 0.0686 e. The normalized spacial score (nSPS) is 30.5. The van der Waals surface area contributed by atoms with Gasteiger partial charge in [0, 0.05) is 13.7 Å². The molecule has 2 aliphatic rings. The average Bonchev–Trinajstić information content (AvgIpc) is 2.83. The van der Waals surface area contributed by atoms with Gasteiger partial charge in [0.25, 0.3) is 0 Å². The summed E-state index contributed by atoms with van der Waals surface area (Å²) >= 11 is 0. The van der Waals surface area contributed by atoms with Crippen molar-refractivity contribution in [2.75, 3.05) is 13.7 Å². The molecule has 0 radical (unpaired) electrons. The summed E-state index contributed by atoms with van der Waals surface area (Å²) in [6.45, 7) is 2.90. The molecule has 106 valence electrons. The van der Waals surface area contributed by atoms with Crippen LogP contribution < -0.4 is 0 Å². The first kappa shape index (κ1) is 14.3. The molecule has 0 bridgehead atoms. The van der Waals surface area contributed by atoms with Crippen molar-refractivity contribution < 1.29 is 14.6 Å². The fourth-order valence-corrected chi connectivity index (χ4v) is 3.52. The third kappa shape index (κ3) is 3.46. The highest BCUT2D eigenvalue weighted by Crippen LogP contribution is 2.43. The first-order valence-corrected chi connectivity index (χ1v) is 7.50. The van der Waals surface area contributed by atoms with E-state index in [0.717, 1.165) is 32.3 Å². The second kappa shape index (κ2) is 6.36. The fourth-order valence-electron chi connectivity index (χ4n) is 3.52. The standard InChI is InChI=1S/C15H28O3/c1-12(17-2)5-6-14(16)13-7-10-18-15(11-13)8-3-4-9-15/h12-14,16H,3-11H2,1-2H3. The quantitative estimate of drug-likeness (QED) is 0.822. The third-order valence-corrected chi connectivity index (χ3v) is 4.86. The molecular weight excluding hydrogens is 228 g/mol. The van der Waals surface area contributed by atoms with E-state index >= 15 is 0 Å². The molecule has 3 nitrogen and oxygen atoms in total. The van der Waals surface area contributed by atoms with E-state index in [2.05, 4.69) is 6.92 Å². The van der Waals surface area contributed by atoms with Gasteiger partial charge in [0.05, 0.1) is 17.8 Å². The van der Waals surface area contributed by atoms with Crippen molar-refractivity contribution in [3.63, 3.8) is 0 Å². The molecule has 3 atom stereocenters. The Hall–Kier alpha value is -0.120. The molecule has 3 heteroatoms. The first-order chi connectivity index (χ1) is 8.65. The predicted molar refractivity (Wildman–Crippen MR) is 71.6 cm³/mol. The Morgan fingerprint density at radius 1 is 1.33 bits per heavy atom. The van der Waals surface area contributed by atoms with E-state index in [4.69, 9.17) is 9.47 Å². The van der Waals surface area contributed by atoms with Crippen LogP contribution in [0.5, 0.6) is 0 Å². The maximum absolute atomic E-state index is 10.4. The highest BCUT2D eigenvalue weighted by atomic mass is 16.5. The lowest BCUT2D eigenvalue weighted by Crippen LogP contribution is -2.41. The Morgan fingerprint density at radius 3 is 2.72 bits per heavy atom. The smallest absolute Gasteiger partial charge is 0.0686 e. The second-order valence-corrected chi connectivity index (χ2v) is 6.18. The molecule has 2 fully saturated rings. The van der Waals surface area contributed by atoms with Gasteiger partial charge >= 0.3 is 0 Å². The minimum Gasteiger partial charge on any atom is -0.393 e. The summed E-state index contributed by atoms with van der Waals surface area (Å²) in [6, 6.07) is 0. The molecule has 1 N–H and O–H groups in total.